The Morgan fingerprint density at radius 2 is 2.19 bits per heavy atom. The molecule has 16 heavy (non-hydrogen) atoms. The molecule has 1 aromatic rings. The Morgan fingerprint density at radius 1 is 1.50 bits per heavy atom. The van der Waals surface area contributed by atoms with E-state index in [0.717, 1.165) is 10.0 Å². The predicted octanol–water partition coefficient (Wildman–Crippen LogP) is 1.50. The quantitative estimate of drug-likeness (QED) is 0.823. The summed E-state index contributed by atoms with van der Waals surface area (Å²) in [5.41, 5.74) is 3.26. The molecule has 0 radical (unpaired) electrons. The number of nitrogens with one attached hydrogen (secondary N) is 1. The molecule has 0 unspecified atom stereocenters. The summed E-state index contributed by atoms with van der Waals surface area (Å²) in [6.45, 7) is 1.21. The Hall–Kier alpha value is -1.40. The molecule has 0 aromatic heterocycles. The maximum Gasteiger partial charge on any atom is 0.332 e. The Balaban J connectivity index is 2.63. The molecule has 86 valence electrons. The van der Waals surface area contributed by atoms with Crippen LogP contribution in [0.1, 0.15) is 15.9 Å². The lowest BCUT2D eigenvalue weighted by molar-refractivity contribution is -0.144. The number of hydrogen-bond acceptors (Lipinski definition) is 3. The summed E-state index contributed by atoms with van der Waals surface area (Å²) >= 11 is 3.28. The summed E-state index contributed by atoms with van der Waals surface area (Å²) in [6.07, 6.45) is 0. The molecule has 0 spiro atoms. The van der Waals surface area contributed by atoms with Crippen molar-refractivity contribution in [2.45, 2.75) is 6.92 Å². The number of amides is 1. The van der Waals surface area contributed by atoms with Crippen LogP contribution in [-0.2, 0) is 9.63 Å². The minimum atomic E-state index is -1.15. The van der Waals surface area contributed by atoms with Crippen LogP contribution >= 0.6 is 15.9 Å². The molecule has 1 amide bonds. The predicted molar refractivity (Wildman–Crippen MR) is 59.9 cm³/mol. The Morgan fingerprint density at radius 3 is 2.75 bits per heavy atom. The van der Waals surface area contributed by atoms with E-state index in [4.69, 9.17) is 5.11 Å². The van der Waals surface area contributed by atoms with Crippen LogP contribution in [0.25, 0.3) is 0 Å². The van der Waals surface area contributed by atoms with Crippen molar-refractivity contribution >= 4 is 27.8 Å². The van der Waals surface area contributed by atoms with Crippen molar-refractivity contribution < 1.29 is 19.5 Å². The second-order valence-electron chi connectivity index (χ2n) is 3.07. The van der Waals surface area contributed by atoms with Gasteiger partial charge in [0.05, 0.1) is 0 Å². The third-order valence-corrected chi connectivity index (χ3v) is 2.29. The molecular weight excluding hydrogens is 278 g/mol. The molecule has 0 bridgehead atoms. The number of carboxylic acids is 1. The SMILES string of the molecule is Cc1cc(Br)ccc1C(=O)NOCC(=O)O. The summed E-state index contributed by atoms with van der Waals surface area (Å²) in [4.78, 5) is 26.1. The van der Waals surface area contributed by atoms with Gasteiger partial charge >= 0.3 is 5.97 Å². The zero-order valence-corrected chi connectivity index (χ0v) is 10.1. The molecule has 0 aliphatic heterocycles. The number of carboxylic acid groups (broad SMARTS) is 1. The van der Waals surface area contributed by atoms with Crippen molar-refractivity contribution in [3.05, 3.63) is 33.8 Å². The van der Waals surface area contributed by atoms with E-state index < -0.39 is 18.5 Å². The molecule has 0 atom stereocenters. The summed E-state index contributed by atoms with van der Waals surface area (Å²) in [7, 11) is 0. The van der Waals surface area contributed by atoms with E-state index in [1.165, 1.54) is 0 Å². The van der Waals surface area contributed by atoms with Crippen LogP contribution < -0.4 is 5.48 Å². The molecule has 0 saturated heterocycles. The lowest BCUT2D eigenvalue weighted by Gasteiger charge is -2.06. The standard InChI is InChI=1S/C10H10BrNO4/c1-6-4-7(11)2-3-8(6)10(15)12-16-5-9(13)14/h2-4H,5H2,1H3,(H,12,15)(H,13,14). The number of aryl methyl sites for hydroxylation is 1. The molecule has 1 rings (SSSR count). The fourth-order valence-corrected chi connectivity index (χ4v) is 1.58. The van der Waals surface area contributed by atoms with Crippen molar-refractivity contribution in [2.24, 2.45) is 0 Å². The molecule has 0 fully saturated rings. The average molecular weight is 288 g/mol. The molecule has 6 heteroatoms. The van der Waals surface area contributed by atoms with Gasteiger partial charge in [-0.1, -0.05) is 15.9 Å². The first-order valence-electron chi connectivity index (χ1n) is 4.41. The molecule has 5 nitrogen and oxygen atoms in total. The lowest BCUT2D eigenvalue weighted by atomic mass is 10.1. The molecule has 0 aliphatic carbocycles. The van der Waals surface area contributed by atoms with E-state index in [1.54, 1.807) is 25.1 Å². The molecule has 0 aliphatic rings. The van der Waals surface area contributed by atoms with Gasteiger partial charge in [0.25, 0.3) is 5.91 Å². The smallest absolute Gasteiger partial charge is 0.332 e. The number of hydrogen-bond donors (Lipinski definition) is 2. The first-order valence-corrected chi connectivity index (χ1v) is 5.20. The highest BCUT2D eigenvalue weighted by Gasteiger charge is 2.09. The minimum absolute atomic E-state index is 0.439. The van der Waals surface area contributed by atoms with Crippen molar-refractivity contribution in [3.63, 3.8) is 0 Å². The number of carbonyl (C=O) groups excluding carboxylic acids is 1. The zero-order valence-electron chi connectivity index (χ0n) is 8.49. The van der Waals surface area contributed by atoms with Gasteiger partial charge in [0.15, 0.2) is 6.61 Å². The Kier molecular flexibility index (Phi) is 4.45. The highest BCUT2D eigenvalue weighted by Crippen LogP contribution is 2.15. The second-order valence-corrected chi connectivity index (χ2v) is 3.99. The number of hydroxylamine groups is 1. The van der Waals surface area contributed by atoms with Gasteiger partial charge in [-0.25, -0.2) is 10.3 Å². The van der Waals surface area contributed by atoms with Gasteiger partial charge in [-0.3, -0.25) is 9.63 Å². The van der Waals surface area contributed by atoms with Gasteiger partial charge in [-0.05, 0) is 30.7 Å². The lowest BCUT2D eigenvalue weighted by Crippen LogP contribution is -2.27. The van der Waals surface area contributed by atoms with Crippen LogP contribution in [0, 0.1) is 6.92 Å². The van der Waals surface area contributed by atoms with Gasteiger partial charge in [0.2, 0.25) is 0 Å². The number of aliphatic carboxylic acids is 1. The van der Waals surface area contributed by atoms with Gasteiger partial charge in [0.1, 0.15) is 0 Å². The largest absolute Gasteiger partial charge is 0.479 e. The third-order valence-electron chi connectivity index (χ3n) is 1.79. The van der Waals surface area contributed by atoms with Crippen LogP contribution in [0.3, 0.4) is 0 Å². The van der Waals surface area contributed by atoms with Crippen LogP contribution in [0.5, 0.6) is 0 Å². The van der Waals surface area contributed by atoms with Gasteiger partial charge in [0, 0.05) is 10.0 Å². The first kappa shape index (κ1) is 12.7. The van der Waals surface area contributed by atoms with Crippen LogP contribution in [0.4, 0.5) is 0 Å². The van der Waals surface area contributed by atoms with Crippen molar-refractivity contribution in [1.82, 2.24) is 5.48 Å². The molecule has 1 aromatic carbocycles. The third kappa shape index (κ3) is 3.63. The van der Waals surface area contributed by atoms with Crippen LogP contribution in [0.15, 0.2) is 22.7 Å². The van der Waals surface area contributed by atoms with Crippen molar-refractivity contribution in [3.8, 4) is 0 Å². The van der Waals surface area contributed by atoms with Crippen molar-refractivity contribution in [2.75, 3.05) is 6.61 Å². The maximum absolute atomic E-state index is 11.5. The van der Waals surface area contributed by atoms with Gasteiger partial charge in [-0.15, -0.1) is 0 Å². The average Bonchev–Trinajstić information content (AvgIpc) is 2.16. The fourth-order valence-electron chi connectivity index (χ4n) is 1.10. The van der Waals surface area contributed by atoms with E-state index in [1.807, 2.05) is 0 Å². The van der Waals surface area contributed by atoms with E-state index in [0.29, 0.717) is 5.56 Å². The van der Waals surface area contributed by atoms with E-state index in [2.05, 4.69) is 26.2 Å². The van der Waals surface area contributed by atoms with Crippen LogP contribution in [-0.4, -0.2) is 23.6 Å². The molecule has 0 heterocycles. The molecular formula is C10H10BrNO4. The van der Waals surface area contributed by atoms with Gasteiger partial charge in [-0.2, -0.15) is 0 Å². The number of carbonyl (C=O) groups is 2. The molecule has 2 N–H and O–H groups in total. The Labute approximate surface area is 100 Å². The summed E-state index contributed by atoms with van der Waals surface area (Å²) in [5.74, 6) is -1.61. The fraction of sp³-hybridized carbons (Fsp3) is 0.200. The van der Waals surface area contributed by atoms with Crippen LogP contribution in [0.2, 0.25) is 0 Å². The van der Waals surface area contributed by atoms with E-state index in [-0.39, 0.29) is 0 Å². The Bertz CT molecular complexity index is 419. The monoisotopic (exact) mass is 287 g/mol. The topological polar surface area (TPSA) is 75.6 Å². The maximum atomic E-state index is 11.5. The number of rotatable bonds is 4. The number of halogens is 1. The second kappa shape index (κ2) is 5.62. The highest BCUT2D eigenvalue weighted by atomic mass is 79.9. The van der Waals surface area contributed by atoms with Gasteiger partial charge < -0.3 is 5.11 Å². The van der Waals surface area contributed by atoms with Crippen molar-refractivity contribution in [1.29, 1.82) is 0 Å². The molecule has 0 saturated carbocycles. The number of benzene rings is 1. The van der Waals surface area contributed by atoms with E-state index >= 15 is 0 Å². The minimum Gasteiger partial charge on any atom is -0.479 e. The zero-order chi connectivity index (χ0) is 12.1. The summed E-state index contributed by atoms with van der Waals surface area (Å²) in [5, 5.41) is 8.31. The van der Waals surface area contributed by atoms with E-state index in [9.17, 15) is 9.59 Å². The highest BCUT2D eigenvalue weighted by molar-refractivity contribution is 9.10. The summed E-state index contributed by atoms with van der Waals surface area (Å²) in [6, 6.07) is 5.13. The first-order chi connectivity index (χ1) is 7.50. The normalized spacial score (nSPS) is 9.88. The summed E-state index contributed by atoms with van der Waals surface area (Å²) < 4.78 is 0.869.